The van der Waals surface area contributed by atoms with E-state index in [4.69, 9.17) is 4.42 Å². The molecule has 2 aromatic heterocycles. The number of carbonyl (C=O) groups excluding carboxylic acids is 1. The van der Waals surface area contributed by atoms with Crippen molar-refractivity contribution in [1.82, 2.24) is 15.3 Å². The summed E-state index contributed by atoms with van der Waals surface area (Å²) in [5.74, 6) is 1.37. The zero-order chi connectivity index (χ0) is 21.0. The van der Waals surface area contributed by atoms with Crippen molar-refractivity contribution in [3.63, 3.8) is 0 Å². The summed E-state index contributed by atoms with van der Waals surface area (Å²) in [4.78, 5) is 21.6. The molecule has 1 saturated carbocycles. The topological polar surface area (TPSA) is 71.3 Å². The van der Waals surface area contributed by atoms with Crippen LogP contribution in [0, 0.1) is 5.92 Å². The van der Waals surface area contributed by atoms with Crippen molar-refractivity contribution >= 4 is 23.5 Å². The molecule has 0 saturated heterocycles. The fourth-order valence-electron chi connectivity index (χ4n) is 2.63. The monoisotopic (exact) mass is 428 g/mol. The molecule has 0 aliphatic heterocycles. The maximum atomic E-state index is 13.2. The largest absolute Gasteiger partial charge is 0.455 e. The Hall–Kier alpha value is -2.23. The number of nitrogens with one attached hydrogen (secondary N) is 1. The molecule has 2 aromatic rings. The molecule has 0 spiro atoms. The summed E-state index contributed by atoms with van der Waals surface area (Å²) in [7, 11) is 1.69. The number of thioether (sulfide) groups is 1. The number of hydrogen-bond donors (Lipinski definition) is 1. The zero-order valence-corrected chi connectivity index (χ0v) is 17.1. The SMILES string of the molecule is CCCN(C)c1cc(C(F)(F)F)nc(SCc2ccc(C(=O)NCC3CC3)o2)n1. The second kappa shape index (κ2) is 9.06. The lowest BCUT2D eigenvalue weighted by molar-refractivity contribution is -0.141. The summed E-state index contributed by atoms with van der Waals surface area (Å²) in [5, 5.41) is 2.82. The van der Waals surface area contributed by atoms with Crippen molar-refractivity contribution in [2.24, 2.45) is 5.92 Å². The van der Waals surface area contributed by atoms with Gasteiger partial charge in [0.1, 0.15) is 11.6 Å². The van der Waals surface area contributed by atoms with Crippen LogP contribution in [0.1, 0.15) is 48.2 Å². The number of alkyl halides is 3. The van der Waals surface area contributed by atoms with Gasteiger partial charge in [-0.1, -0.05) is 18.7 Å². The number of nitrogens with zero attached hydrogens (tertiary/aromatic N) is 3. The summed E-state index contributed by atoms with van der Waals surface area (Å²) < 4.78 is 45.1. The van der Waals surface area contributed by atoms with Crippen LogP contribution < -0.4 is 10.2 Å². The lowest BCUT2D eigenvalue weighted by Gasteiger charge is -2.19. The van der Waals surface area contributed by atoms with Gasteiger partial charge < -0.3 is 14.6 Å². The Kier molecular flexibility index (Phi) is 6.71. The number of hydrogen-bond acceptors (Lipinski definition) is 6. The van der Waals surface area contributed by atoms with Crippen LogP contribution >= 0.6 is 11.8 Å². The Morgan fingerprint density at radius 2 is 2.10 bits per heavy atom. The molecule has 2 heterocycles. The molecule has 3 rings (SSSR count). The van der Waals surface area contributed by atoms with E-state index in [0.717, 1.165) is 37.1 Å². The van der Waals surface area contributed by atoms with Crippen LogP contribution in [0.3, 0.4) is 0 Å². The highest BCUT2D eigenvalue weighted by molar-refractivity contribution is 7.98. The second-order valence-electron chi connectivity index (χ2n) is 7.02. The normalized spacial score (nSPS) is 14.1. The smallest absolute Gasteiger partial charge is 0.433 e. The van der Waals surface area contributed by atoms with E-state index in [1.807, 2.05) is 6.92 Å². The lowest BCUT2D eigenvalue weighted by atomic mass is 10.3. The number of furan rings is 1. The molecule has 10 heteroatoms. The van der Waals surface area contributed by atoms with Crippen molar-refractivity contribution in [2.45, 2.75) is 43.3 Å². The highest BCUT2D eigenvalue weighted by Crippen LogP contribution is 2.32. The van der Waals surface area contributed by atoms with Crippen LogP contribution in [-0.2, 0) is 11.9 Å². The van der Waals surface area contributed by atoms with Crippen molar-refractivity contribution < 1.29 is 22.4 Å². The van der Waals surface area contributed by atoms with Gasteiger partial charge in [0.15, 0.2) is 16.6 Å². The number of rotatable bonds is 9. The minimum absolute atomic E-state index is 0.00825. The van der Waals surface area contributed by atoms with E-state index < -0.39 is 11.9 Å². The highest BCUT2D eigenvalue weighted by Gasteiger charge is 2.34. The van der Waals surface area contributed by atoms with Crippen molar-refractivity contribution in [3.8, 4) is 0 Å². The Bertz CT molecular complexity index is 852. The fraction of sp³-hybridized carbons (Fsp3) is 0.526. The molecule has 158 valence electrons. The number of carbonyl (C=O) groups is 1. The minimum atomic E-state index is -4.56. The van der Waals surface area contributed by atoms with Gasteiger partial charge in [0.25, 0.3) is 5.91 Å². The van der Waals surface area contributed by atoms with Crippen molar-refractivity contribution in [1.29, 1.82) is 0 Å². The zero-order valence-electron chi connectivity index (χ0n) is 16.3. The Labute approximate surface area is 171 Å². The maximum absolute atomic E-state index is 13.2. The average molecular weight is 428 g/mol. The summed E-state index contributed by atoms with van der Waals surface area (Å²) >= 11 is 1.03. The van der Waals surface area contributed by atoms with Crippen LogP contribution in [0.5, 0.6) is 0 Å². The molecule has 0 unspecified atom stereocenters. The molecule has 0 radical (unpaired) electrons. The molecule has 0 aromatic carbocycles. The third-order valence-corrected chi connectivity index (χ3v) is 5.28. The van der Waals surface area contributed by atoms with E-state index in [-0.39, 0.29) is 28.4 Å². The average Bonchev–Trinajstić information content (AvgIpc) is 3.39. The summed E-state index contributed by atoms with van der Waals surface area (Å²) in [6.45, 7) is 3.15. The van der Waals surface area contributed by atoms with Crippen molar-refractivity contribution in [2.75, 3.05) is 25.0 Å². The summed E-state index contributed by atoms with van der Waals surface area (Å²) in [5.41, 5.74) is -0.979. The van der Waals surface area contributed by atoms with E-state index in [1.165, 1.54) is 0 Å². The lowest BCUT2D eigenvalue weighted by Crippen LogP contribution is -2.24. The quantitative estimate of drug-likeness (QED) is 0.473. The Balaban J connectivity index is 1.67. The first-order valence-electron chi connectivity index (χ1n) is 9.43. The molecule has 1 N–H and O–H groups in total. The van der Waals surface area contributed by atoms with Crippen LogP contribution in [-0.4, -0.2) is 36.0 Å². The third-order valence-electron chi connectivity index (χ3n) is 4.41. The van der Waals surface area contributed by atoms with Gasteiger partial charge in [-0.05, 0) is 37.3 Å². The first-order chi connectivity index (χ1) is 13.8. The van der Waals surface area contributed by atoms with Gasteiger partial charge in [0, 0.05) is 26.2 Å². The van der Waals surface area contributed by atoms with E-state index in [1.54, 1.807) is 24.1 Å². The minimum Gasteiger partial charge on any atom is -0.455 e. The standard InChI is InChI=1S/C19H23F3N4O2S/c1-3-8-26(2)16-9-15(19(20,21)22)24-18(25-16)29-11-13-6-7-14(28-13)17(27)23-10-12-4-5-12/h6-7,9,12H,3-5,8,10-11H2,1-2H3,(H,23,27). The molecule has 1 aliphatic carbocycles. The van der Waals surface area contributed by atoms with E-state index in [0.29, 0.717) is 24.8 Å². The molecule has 1 amide bonds. The molecule has 29 heavy (non-hydrogen) atoms. The van der Waals surface area contributed by atoms with Gasteiger partial charge in [0.05, 0.1) is 5.75 Å². The van der Waals surface area contributed by atoms with E-state index >= 15 is 0 Å². The molecule has 1 fully saturated rings. The van der Waals surface area contributed by atoms with Crippen molar-refractivity contribution in [3.05, 3.63) is 35.4 Å². The van der Waals surface area contributed by atoms with Crippen LogP contribution in [0.2, 0.25) is 0 Å². The van der Waals surface area contributed by atoms with Gasteiger partial charge in [-0.3, -0.25) is 4.79 Å². The van der Waals surface area contributed by atoms with E-state index in [2.05, 4.69) is 15.3 Å². The predicted octanol–water partition coefficient (Wildman–Crippen LogP) is 4.37. The van der Waals surface area contributed by atoms with E-state index in [9.17, 15) is 18.0 Å². The summed E-state index contributed by atoms with van der Waals surface area (Å²) in [6.07, 6.45) is -1.51. The fourth-order valence-corrected chi connectivity index (χ4v) is 3.37. The van der Waals surface area contributed by atoms with Gasteiger partial charge >= 0.3 is 6.18 Å². The van der Waals surface area contributed by atoms with Gasteiger partial charge in [0.2, 0.25) is 0 Å². The molecule has 6 nitrogen and oxygen atoms in total. The second-order valence-corrected chi connectivity index (χ2v) is 7.96. The van der Waals surface area contributed by atoms with Crippen LogP contribution in [0.15, 0.2) is 27.8 Å². The van der Waals surface area contributed by atoms with Gasteiger partial charge in [-0.15, -0.1) is 0 Å². The van der Waals surface area contributed by atoms with Gasteiger partial charge in [-0.2, -0.15) is 13.2 Å². The third kappa shape index (κ3) is 6.12. The first-order valence-corrected chi connectivity index (χ1v) is 10.4. The van der Waals surface area contributed by atoms with Crippen LogP contribution in [0.25, 0.3) is 0 Å². The Morgan fingerprint density at radius 3 is 2.76 bits per heavy atom. The molecule has 0 bridgehead atoms. The highest BCUT2D eigenvalue weighted by atomic mass is 32.2. The first kappa shape index (κ1) is 21.5. The predicted molar refractivity (Wildman–Crippen MR) is 104 cm³/mol. The number of aromatic nitrogens is 2. The van der Waals surface area contributed by atoms with Gasteiger partial charge in [-0.25, -0.2) is 9.97 Å². The molecule has 0 atom stereocenters. The molecule has 1 aliphatic rings. The number of halogens is 3. The number of anilines is 1. The molecular formula is C19H23F3N4O2S. The number of amides is 1. The maximum Gasteiger partial charge on any atom is 0.433 e. The van der Waals surface area contributed by atoms with Crippen LogP contribution in [0.4, 0.5) is 19.0 Å². The Morgan fingerprint density at radius 1 is 1.34 bits per heavy atom. The summed E-state index contributed by atoms with van der Waals surface area (Å²) in [6, 6.07) is 4.15. The molecular weight excluding hydrogens is 405 g/mol.